The van der Waals surface area contributed by atoms with Gasteiger partial charge < -0.3 is 19.9 Å². The Kier molecular flexibility index (Phi) is 13.2. The minimum absolute atomic E-state index is 0.242. The molecule has 0 spiro atoms. The van der Waals surface area contributed by atoms with Crippen molar-refractivity contribution in [1.29, 1.82) is 0 Å². The van der Waals surface area contributed by atoms with E-state index in [0.29, 0.717) is 0 Å². The summed E-state index contributed by atoms with van der Waals surface area (Å²) in [5, 5.41) is 12.4. The maximum Gasteiger partial charge on any atom is 0.418 e. The number of fused-ring (bicyclic) bond motifs is 1. The zero-order chi connectivity index (χ0) is 29.0. The number of carbonyl (C=O) groups is 3. The quantitative estimate of drug-likeness (QED) is 0.410. The van der Waals surface area contributed by atoms with E-state index in [1.165, 1.54) is 12.5 Å². The second kappa shape index (κ2) is 14.4. The fourth-order valence-corrected chi connectivity index (χ4v) is 2.69. The molecule has 8 heteroatoms. The topological polar surface area (TPSA) is 107 Å². The van der Waals surface area contributed by atoms with Crippen molar-refractivity contribution >= 4 is 29.1 Å². The Morgan fingerprint density at radius 2 is 1.46 bits per heavy atom. The molecule has 1 aromatic heterocycles. The molecule has 0 atom stereocenters. The van der Waals surface area contributed by atoms with Crippen LogP contribution in [0.1, 0.15) is 81.2 Å². The smallest absolute Gasteiger partial charge is 0.418 e. The number of aromatic nitrogens is 1. The van der Waals surface area contributed by atoms with Crippen LogP contribution in [0.4, 0.5) is 9.59 Å². The van der Waals surface area contributed by atoms with E-state index in [0.717, 1.165) is 16.5 Å². The van der Waals surface area contributed by atoms with E-state index in [1.807, 2.05) is 58.2 Å². The number of amides is 1. The largest absolute Gasteiger partial charge is 0.481 e. The monoisotopic (exact) mass is 518 g/mol. The number of hydrogen-bond donors (Lipinski definition) is 2. The highest BCUT2D eigenvalue weighted by atomic mass is 16.6. The van der Waals surface area contributed by atoms with Crippen LogP contribution >= 0.6 is 0 Å². The fourth-order valence-electron chi connectivity index (χ4n) is 2.69. The van der Waals surface area contributed by atoms with Gasteiger partial charge in [0, 0.05) is 18.1 Å². The Morgan fingerprint density at radius 1 is 0.946 bits per heavy atom. The molecule has 0 aliphatic rings. The summed E-state index contributed by atoms with van der Waals surface area (Å²) < 4.78 is 12.0. The average Bonchev–Trinajstić information content (AvgIpc) is 3.07. The molecule has 1 aromatic carbocycles. The lowest BCUT2D eigenvalue weighted by atomic mass is 9.93. The molecule has 208 valence electrons. The molecule has 0 saturated carbocycles. The molecule has 2 rings (SSSR count). The van der Waals surface area contributed by atoms with Gasteiger partial charge >= 0.3 is 18.2 Å². The molecule has 0 bridgehead atoms. The Hall–Kier alpha value is -3.29. The normalized spacial score (nSPS) is 11.6. The van der Waals surface area contributed by atoms with Crippen molar-refractivity contribution in [2.75, 3.05) is 6.54 Å². The number of nitrogens with zero attached hydrogens (tertiary/aromatic N) is 1. The number of carbonyl (C=O) groups excluding carboxylic acids is 2. The van der Waals surface area contributed by atoms with Crippen molar-refractivity contribution in [2.45, 2.75) is 93.8 Å². The molecule has 2 N–H and O–H groups in total. The molecule has 8 nitrogen and oxygen atoms in total. The number of hydrogen-bond acceptors (Lipinski definition) is 5. The van der Waals surface area contributed by atoms with Crippen LogP contribution in [0.25, 0.3) is 10.9 Å². The van der Waals surface area contributed by atoms with Crippen molar-refractivity contribution < 1.29 is 29.0 Å². The minimum atomic E-state index is -0.935. The van der Waals surface area contributed by atoms with Crippen molar-refractivity contribution in [1.82, 2.24) is 9.88 Å². The zero-order valence-corrected chi connectivity index (χ0v) is 24.4. The molecule has 1 heterocycles. The van der Waals surface area contributed by atoms with Crippen LogP contribution in [-0.2, 0) is 14.3 Å². The van der Waals surface area contributed by atoms with E-state index < -0.39 is 28.7 Å². The lowest BCUT2D eigenvalue weighted by Gasteiger charge is -2.19. The summed E-state index contributed by atoms with van der Waals surface area (Å²) in [6, 6.07) is 7.81. The number of aliphatic carboxylic acids is 1. The van der Waals surface area contributed by atoms with Crippen LogP contribution in [0, 0.1) is 12.3 Å². The van der Waals surface area contributed by atoms with Gasteiger partial charge in [0.25, 0.3) is 0 Å². The summed E-state index contributed by atoms with van der Waals surface area (Å²) >= 11 is 0. The third kappa shape index (κ3) is 13.6. The summed E-state index contributed by atoms with van der Waals surface area (Å²) in [5.41, 5.74) is 0.0193. The number of benzene rings is 1. The van der Waals surface area contributed by atoms with Crippen LogP contribution < -0.4 is 5.32 Å². The summed E-state index contributed by atoms with van der Waals surface area (Å²) in [6.45, 7) is 20.6. The van der Waals surface area contributed by atoms with E-state index in [-0.39, 0.29) is 12.6 Å². The van der Waals surface area contributed by atoms with Crippen molar-refractivity contribution in [2.24, 2.45) is 5.41 Å². The molecular weight excluding hydrogens is 472 g/mol. The van der Waals surface area contributed by atoms with Crippen LogP contribution in [0.15, 0.2) is 42.6 Å². The van der Waals surface area contributed by atoms with Gasteiger partial charge in [-0.1, -0.05) is 50.6 Å². The Morgan fingerprint density at radius 3 is 1.95 bits per heavy atom. The number of para-hydroxylation sites is 1. The number of alkyl carbamates (subject to hydrolysis) is 1. The fraction of sp³-hybridized carbons (Fsp3) is 0.552. The molecule has 0 fully saturated rings. The van der Waals surface area contributed by atoms with Gasteiger partial charge in [-0.25, -0.2) is 9.59 Å². The maximum absolute atomic E-state index is 12.0. The van der Waals surface area contributed by atoms with Crippen molar-refractivity contribution in [3.63, 3.8) is 0 Å². The highest BCUT2D eigenvalue weighted by Crippen LogP contribution is 2.21. The predicted molar refractivity (Wildman–Crippen MR) is 149 cm³/mol. The third-order valence-electron chi connectivity index (χ3n) is 4.35. The molecule has 2 aromatic rings. The molecule has 1 amide bonds. The number of rotatable bonds is 4. The van der Waals surface area contributed by atoms with Gasteiger partial charge in [0.1, 0.15) is 11.2 Å². The van der Waals surface area contributed by atoms with Gasteiger partial charge in [0.15, 0.2) is 0 Å². The number of ether oxygens (including phenoxy) is 2. The van der Waals surface area contributed by atoms with Gasteiger partial charge in [-0.15, -0.1) is 0 Å². The predicted octanol–water partition coefficient (Wildman–Crippen LogP) is 7.33. The highest BCUT2D eigenvalue weighted by Gasteiger charge is 2.23. The van der Waals surface area contributed by atoms with Gasteiger partial charge in [0.05, 0.1) is 10.9 Å². The summed E-state index contributed by atoms with van der Waals surface area (Å²) in [4.78, 5) is 34.0. The Bertz CT molecular complexity index is 1050. The number of aryl methyl sites for hydroxylation is 1. The van der Waals surface area contributed by atoms with Crippen LogP contribution in [0.5, 0.6) is 0 Å². The van der Waals surface area contributed by atoms with Gasteiger partial charge in [-0.3, -0.25) is 9.36 Å². The van der Waals surface area contributed by atoms with E-state index in [9.17, 15) is 14.4 Å². The summed E-state index contributed by atoms with van der Waals surface area (Å²) in [7, 11) is 0. The number of carboxylic acids is 1. The first kappa shape index (κ1) is 33.7. The lowest BCUT2D eigenvalue weighted by molar-refractivity contribution is -0.144. The van der Waals surface area contributed by atoms with E-state index in [4.69, 9.17) is 14.6 Å². The SMILES string of the molecule is CC(C)(C)OC(=O)NC/C=C/C(C)(C)C(=O)O.CCC.Cc1cn(C(=O)OC(C)(C)C)c2ccccc12. The highest BCUT2D eigenvalue weighted by molar-refractivity contribution is 5.91. The van der Waals surface area contributed by atoms with E-state index in [1.54, 1.807) is 45.3 Å². The van der Waals surface area contributed by atoms with Gasteiger partial charge in [0.2, 0.25) is 0 Å². The first-order chi connectivity index (χ1) is 16.8. The molecule has 0 radical (unpaired) electrons. The van der Waals surface area contributed by atoms with Gasteiger partial charge in [-0.05, 0) is 73.9 Å². The maximum atomic E-state index is 12.0. The lowest BCUT2D eigenvalue weighted by Crippen LogP contribution is -2.32. The zero-order valence-electron chi connectivity index (χ0n) is 24.4. The molecule has 0 aliphatic carbocycles. The minimum Gasteiger partial charge on any atom is -0.481 e. The summed E-state index contributed by atoms with van der Waals surface area (Å²) in [6.07, 6.45) is 5.35. The van der Waals surface area contributed by atoms with Crippen LogP contribution in [0.3, 0.4) is 0 Å². The Balaban J connectivity index is 0.000000633. The molecule has 0 unspecified atom stereocenters. The number of carboxylic acid groups (broad SMARTS) is 1. The van der Waals surface area contributed by atoms with E-state index in [2.05, 4.69) is 19.2 Å². The third-order valence-corrected chi connectivity index (χ3v) is 4.35. The second-order valence-electron chi connectivity index (χ2n) is 11.2. The van der Waals surface area contributed by atoms with Gasteiger partial charge in [-0.2, -0.15) is 0 Å². The standard InChI is InChI=1S/C14H17NO2.C12H21NO4.C3H8/c1-10-9-15(13(16)17-14(2,3)4)12-8-6-5-7-11(10)12;1-11(2,3)17-10(16)13-8-6-7-12(4,5)9(14)15;1-3-2/h5-9H,1-4H3;6-7H,8H2,1-5H3,(H,13,16)(H,14,15);3H2,1-2H3/b;7-6+;. The van der Waals surface area contributed by atoms with Crippen LogP contribution in [-0.4, -0.2) is 45.6 Å². The molecule has 0 saturated heterocycles. The first-order valence-corrected chi connectivity index (χ1v) is 12.5. The molecule has 37 heavy (non-hydrogen) atoms. The van der Waals surface area contributed by atoms with E-state index >= 15 is 0 Å². The number of nitrogens with one attached hydrogen (secondary N) is 1. The van der Waals surface area contributed by atoms with Crippen LogP contribution in [0.2, 0.25) is 0 Å². The van der Waals surface area contributed by atoms with Crippen molar-refractivity contribution in [3.05, 3.63) is 48.2 Å². The first-order valence-electron chi connectivity index (χ1n) is 12.5. The Labute approximate surface area is 222 Å². The second-order valence-corrected chi connectivity index (χ2v) is 11.2. The average molecular weight is 519 g/mol. The summed E-state index contributed by atoms with van der Waals surface area (Å²) in [5.74, 6) is -0.911. The molecular formula is C29H46N2O6. The molecule has 0 aliphatic heterocycles. The van der Waals surface area contributed by atoms with Crippen molar-refractivity contribution in [3.8, 4) is 0 Å².